The van der Waals surface area contributed by atoms with Gasteiger partial charge in [-0.25, -0.2) is 4.68 Å². The summed E-state index contributed by atoms with van der Waals surface area (Å²) in [4.78, 5) is 12.5. The molecule has 1 amide bonds. The molecule has 2 aromatic carbocycles. The Morgan fingerprint density at radius 2 is 1.73 bits per heavy atom. The van der Waals surface area contributed by atoms with Crippen molar-refractivity contribution in [3.8, 4) is 5.69 Å². The number of amides is 1. The van der Waals surface area contributed by atoms with Gasteiger partial charge >= 0.3 is 0 Å². The Labute approximate surface area is 154 Å². The molecule has 3 rings (SSSR count). The van der Waals surface area contributed by atoms with Crippen LogP contribution >= 0.6 is 0 Å². The van der Waals surface area contributed by atoms with Crippen molar-refractivity contribution in [1.82, 2.24) is 9.78 Å². The summed E-state index contributed by atoms with van der Waals surface area (Å²) in [6.07, 6.45) is 3.46. The summed E-state index contributed by atoms with van der Waals surface area (Å²) in [5.74, 6) is -0.105. The fourth-order valence-corrected chi connectivity index (χ4v) is 2.98. The van der Waals surface area contributed by atoms with Gasteiger partial charge in [0.1, 0.15) is 0 Å². The van der Waals surface area contributed by atoms with Gasteiger partial charge < -0.3 is 5.32 Å². The Morgan fingerprint density at radius 3 is 2.31 bits per heavy atom. The maximum absolute atomic E-state index is 12.5. The third-order valence-electron chi connectivity index (χ3n) is 4.41. The predicted molar refractivity (Wildman–Crippen MR) is 106 cm³/mol. The van der Waals surface area contributed by atoms with E-state index in [0.717, 1.165) is 29.2 Å². The van der Waals surface area contributed by atoms with Crippen molar-refractivity contribution in [1.29, 1.82) is 0 Å². The van der Waals surface area contributed by atoms with Crippen molar-refractivity contribution in [3.63, 3.8) is 0 Å². The van der Waals surface area contributed by atoms with Crippen LogP contribution in [0.25, 0.3) is 5.69 Å². The molecule has 0 radical (unpaired) electrons. The molecule has 0 bridgehead atoms. The molecule has 134 valence electrons. The minimum atomic E-state index is -0.105. The molecule has 0 aliphatic rings. The van der Waals surface area contributed by atoms with Crippen LogP contribution in [0, 0.1) is 13.8 Å². The molecule has 0 fully saturated rings. The van der Waals surface area contributed by atoms with Crippen LogP contribution in [0.1, 0.15) is 47.1 Å². The molecule has 0 spiro atoms. The van der Waals surface area contributed by atoms with Crippen LogP contribution < -0.4 is 5.32 Å². The van der Waals surface area contributed by atoms with Crippen LogP contribution in [-0.2, 0) is 6.42 Å². The lowest BCUT2D eigenvalue weighted by atomic mass is 10.1. The number of rotatable bonds is 6. The molecule has 26 heavy (non-hydrogen) atoms. The van der Waals surface area contributed by atoms with Crippen molar-refractivity contribution < 1.29 is 4.79 Å². The van der Waals surface area contributed by atoms with Crippen LogP contribution in [-0.4, -0.2) is 15.7 Å². The molecular weight excluding hydrogens is 322 g/mol. The molecule has 3 aromatic rings. The normalized spacial score (nSPS) is 10.7. The van der Waals surface area contributed by atoms with Crippen molar-refractivity contribution in [3.05, 3.63) is 77.1 Å². The van der Waals surface area contributed by atoms with E-state index in [1.54, 1.807) is 0 Å². The molecule has 0 aliphatic heterocycles. The highest BCUT2D eigenvalue weighted by Gasteiger charge is 2.08. The first-order valence-corrected chi connectivity index (χ1v) is 9.11. The number of aryl methyl sites for hydroxylation is 3. The minimum Gasteiger partial charge on any atom is -0.322 e. The van der Waals surface area contributed by atoms with Gasteiger partial charge in [0.05, 0.1) is 11.4 Å². The first kappa shape index (κ1) is 17.9. The number of nitrogens with zero attached hydrogens (tertiary/aromatic N) is 2. The smallest absolute Gasteiger partial charge is 0.255 e. The number of hydrogen-bond donors (Lipinski definition) is 1. The van der Waals surface area contributed by atoms with Crippen molar-refractivity contribution in [2.24, 2.45) is 0 Å². The minimum absolute atomic E-state index is 0.105. The van der Waals surface area contributed by atoms with Crippen LogP contribution in [0.3, 0.4) is 0 Å². The van der Waals surface area contributed by atoms with E-state index in [-0.39, 0.29) is 5.91 Å². The Morgan fingerprint density at radius 1 is 1.04 bits per heavy atom. The van der Waals surface area contributed by atoms with Gasteiger partial charge in [0.2, 0.25) is 0 Å². The van der Waals surface area contributed by atoms with Crippen LogP contribution in [0.15, 0.2) is 54.6 Å². The third-order valence-corrected chi connectivity index (χ3v) is 4.41. The lowest BCUT2D eigenvalue weighted by Crippen LogP contribution is -2.12. The fourth-order valence-electron chi connectivity index (χ4n) is 2.98. The first-order chi connectivity index (χ1) is 12.6. The second kappa shape index (κ2) is 8.00. The quantitative estimate of drug-likeness (QED) is 0.675. The second-order valence-corrected chi connectivity index (χ2v) is 6.64. The molecular formula is C22H25N3O. The van der Waals surface area contributed by atoms with Crippen LogP contribution in [0.5, 0.6) is 0 Å². The van der Waals surface area contributed by atoms with E-state index in [4.69, 9.17) is 0 Å². The predicted octanol–water partition coefficient (Wildman–Crippen LogP) is 5.08. The zero-order valence-corrected chi connectivity index (χ0v) is 15.6. The Balaban J connectivity index is 1.67. The van der Waals surface area contributed by atoms with Crippen LogP contribution in [0.4, 0.5) is 5.69 Å². The molecule has 1 N–H and O–H groups in total. The highest BCUT2D eigenvalue weighted by Crippen LogP contribution is 2.16. The molecule has 4 heteroatoms. The lowest BCUT2D eigenvalue weighted by molar-refractivity contribution is 0.102. The van der Waals surface area contributed by atoms with Crippen molar-refractivity contribution in [2.45, 2.75) is 40.0 Å². The average molecular weight is 347 g/mol. The monoisotopic (exact) mass is 347 g/mol. The summed E-state index contributed by atoms with van der Waals surface area (Å²) in [7, 11) is 0. The number of unbranched alkanes of at least 4 members (excludes halogenated alkanes) is 1. The van der Waals surface area contributed by atoms with Gasteiger partial charge in [0.15, 0.2) is 0 Å². The summed E-state index contributed by atoms with van der Waals surface area (Å²) in [5.41, 5.74) is 5.75. The number of carbonyl (C=O) groups is 1. The number of hydrogen-bond acceptors (Lipinski definition) is 2. The highest BCUT2D eigenvalue weighted by atomic mass is 16.1. The van der Waals surface area contributed by atoms with Gasteiger partial charge in [-0.05, 0) is 74.7 Å². The number of anilines is 1. The van der Waals surface area contributed by atoms with E-state index >= 15 is 0 Å². The van der Waals surface area contributed by atoms with Crippen molar-refractivity contribution in [2.75, 3.05) is 5.32 Å². The fraction of sp³-hybridized carbons (Fsp3) is 0.273. The zero-order valence-electron chi connectivity index (χ0n) is 15.6. The SMILES string of the molecule is CCCCc1ccc(NC(=O)c2ccc(-n3nc(C)cc3C)cc2)cc1. The van der Waals surface area contributed by atoms with Gasteiger partial charge in [-0.15, -0.1) is 0 Å². The number of benzene rings is 2. The lowest BCUT2D eigenvalue weighted by Gasteiger charge is -2.08. The van der Waals surface area contributed by atoms with Gasteiger partial charge in [-0.2, -0.15) is 5.10 Å². The summed E-state index contributed by atoms with van der Waals surface area (Å²) in [5, 5.41) is 7.42. The molecule has 0 saturated carbocycles. The second-order valence-electron chi connectivity index (χ2n) is 6.64. The molecule has 0 atom stereocenters. The van der Waals surface area contributed by atoms with E-state index in [1.165, 1.54) is 18.4 Å². The maximum atomic E-state index is 12.5. The van der Waals surface area contributed by atoms with E-state index in [2.05, 4.69) is 29.5 Å². The zero-order chi connectivity index (χ0) is 18.5. The highest BCUT2D eigenvalue weighted by molar-refractivity contribution is 6.04. The van der Waals surface area contributed by atoms with E-state index in [1.807, 2.05) is 61.0 Å². The Bertz CT molecular complexity index is 877. The third kappa shape index (κ3) is 4.20. The van der Waals surface area contributed by atoms with Gasteiger partial charge in [0.25, 0.3) is 5.91 Å². The molecule has 0 unspecified atom stereocenters. The average Bonchev–Trinajstić information content (AvgIpc) is 2.99. The maximum Gasteiger partial charge on any atom is 0.255 e. The molecule has 1 heterocycles. The van der Waals surface area contributed by atoms with E-state index < -0.39 is 0 Å². The Hall–Kier alpha value is -2.88. The van der Waals surface area contributed by atoms with Gasteiger partial charge in [-0.1, -0.05) is 25.5 Å². The number of aromatic nitrogens is 2. The summed E-state index contributed by atoms with van der Waals surface area (Å²) < 4.78 is 1.88. The van der Waals surface area contributed by atoms with Crippen LogP contribution in [0.2, 0.25) is 0 Å². The van der Waals surface area contributed by atoms with Gasteiger partial charge in [0, 0.05) is 16.9 Å². The molecule has 4 nitrogen and oxygen atoms in total. The van der Waals surface area contributed by atoms with E-state index in [9.17, 15) is 4.79 Å². The summed E-state index contributed by atoms with van der Waals surface area (Å²) in [6, 6.07) is 17.6. The first-order valence-electron chi connectivity index (χ1n) is 9.11. The topological polar surface area (TPSA) is 46.9 Å². The number of carbonyl (C=O) groups excluding carboxylic acids is 1. The van der Waals surface area contributed by atoms with Gasteiger partial charge in [-0.3, -0.25) is 4.79 Å². The molecule has 1 aromatic heterocycles. The standard InChI is InChI=1S/C22H25N3O/c1-4-5-6-18-7-11-20(12-8-18)23-22(26)19-9-13-21(14-10-19)25-17(3)15-16(2)24-25/h7-15H,4-6H2,1-3H3,(H,23,26). The van der Waals surface area contributed by atoms with E-state index in [0.29, 0.717) is 5.56 Å². The molecule has 0 saturated heterocycles. The Kier molecular flexibility index (Phi) is 5.52. The summed E-state index contributed by atoms with van der Waals surface area (Å²) in [6.45, 7) is 6.18. The van der Waals surface area contributed by atoms with Crippen molar-refractivity contribution >= 4 is 11.6 Å². The largest absolute Gasteiger partial charge is 0.322 e. The number of nitrogens with one attached hydrogen (secondary N) is 1. The molecule has 0 aliphatic carbocycles. The summed E-state index contributed by atoms with van der Waals surface area (Å²) >= 11 is 0.